The van der Waals surface area contributed by atoms with E-state index in [0.29, 0.717) is 17.6 Å². The molecule has 0 radical (unpaired) electrons. The van der Waals surface area contributed by atoms with E-state index in [2.05, 4.69) is 22.2 Å². The number of hydrogen-bond acceptors (Lipinski definition) is 8. The predicted molar refractivity (Wildman–Crippen MR) is 140 cm³/mol. The molecular weight excluding hydrogens is 512 g/mol. The number of amides is 1. The molecule has 1 unspecified atom stereocenters. The van der Waals surface area contributed by atoms with Crippen molar-refractivity contribution in [1.82, 2.24) is 20.0 Å². The van der Waals surface area contributed by atoms with Crippen LogP contribution in [-0.2, 0) is 32.1 Å². The Balaban J connectivity index is 0.000000349. The average Bonchev–Trinajstić information content (AvgIpc) is 3.38. The number of aliphatic carboxylic acids is 3. The molecule has 1 aliphatic heterocycles. The van der Waals surface area contributed by atoms with E-state index in [9.17, 15) is 24.0 Å². The highest BCUT2D eigenvalue weighted by molar-refractivity contribution is 5.89. The number of aromatic nitrogens is 2. The Morgan fingerprint density at radius 3 is 2.05 bits per heavy atom. The summed E-state index contributed by atoms with van der Waals surface area (Å²) in [7, 11) is 0. The molecule has 5 N–H and O–H groups in total. The first-order valence-electron chi connectivity index (χ1n) is 12.8. The van der Waals surface area contributed by atoms with Crippen LogP contribution in [0.15, 0.2) is 29.1 Å². The summed E-state index contributed by atoms with van der Waals surface area (Å²) in [6.07, 6.45) is 1.31. The molecule has 13 heteroatoms. The van der Waals surface area contributed by atoms with E-state index in [0.717, 1.165) is 31.4 Å². The fourth-order valence-electron chi connectivity index (χ4n) is 4.35. The van der Waals surface area contributed by atoms with Crippen molar-refractivity contribution in [3.63, 3.8) is 0 Å². The number of fused-ring (bicyclic) bond motifs is 1. The van der Waals surface area contributed by atoms with Crippen LogP contribution in [0.25, 0.3) is 10.8 Å². The Kier molecular flexibility index (Phi) is 11.5. The van der Waals surface area contributed by atoms with Gasteiger partial charge in [0.2, 0.25) is 5.91 Å². The molecule has 214 valence electrons. The molecule has 0 bridgehead atoms. The number of aliphatic hydroxyl groups is 1. The van der Waals surface area contributed by atoms with Gasteiger partial charge in [-0.3, -0.25) is 19.2 Å². The van der Waals surface area contributed by atoms with Crippen LogP contribution in [0.4, 0.5) is 0 Å². The number of carbonyl (C=O) groups excluding carboxylic acids is 1. The molecule has 1 atom stereocenters. The number of nitrogens with zero attached hydrogens (tertiary/aromatic N) is 3. The van der Waals surface area contributed by atoms with Crippen LogP contribution < -0.4 is 10.9 Å². The second-order valence-electron chi connectivity index (χ2n) is 9.45. The van der Waals surface area contributed by atoms with Crippen LogP contribution in [0, 0.1) is 0 Å². The molecule has 1 fully saturated rings. The van der Waals surface area contributed by atoms with Gasteiger partial charge in [-0.15, -0.1) is 0 Å². The molecule has 2 heterocycles. The molecule has 1 aromatic heterocycles. The zero-order chi connectivity index (χ0) is 29.2. The van der Waals surface area contributed by atoms with E-state index in [4.69, 9.17) is 20.4 Å². The van der Waals surface area contributed by atoms with E-state index in [1.165, 1.54) is 17.5 Å². The number of nitrogens with one attached hydrogen (secondary N) is 1. The van der Waals surface area contributed by atoms with Gasteiger partial charge in [-0.2, -0.15) is 5.10 Å². The maximum atomic E-state index is 12.6. The first-order chi connectivity index (χ1) is 18.4. The van der Waals surface area contributed by atoms with Gasteiger partial charge in [0, 0.05) is 24.5 Å². The molecule has 2 aromatic rings. The van der Waals surface area contributed by atoms with Crippen molar-refractivity contribution in [3.05, 3.63) is 40.3 Å². The molecule has 13 nitrogen and oxygen atoms in total. The third-order valence-electron chi connectivity index (χ3n) is 6.39. The zero-order valence-corrected chi connectivity index (χ0v) is 22.1. The van der Waals surface area contributed by atoms with Gasteiger partial charge in [-0.25, -0.2) is 9.48 Å². The summed E-state index contributed by atoms with van der Waals surface area (Å²) in [4.78, 5) is 57.9. The standard InChI is InChI=1S/C20H28N4O2.C6H8O7/c1-3-15(14-23-11-7-8-12-23)21-19(25)13-18-16-9-5-6-10-17(16)20(26)24(4-2)22-18;7-3(8)1-6(13,5(11)12)2-4(9)10/h5-6,9-10,15H,3-4,7-8,11-14H2,1-2H3,(H,21,25);13H,1-2H2,(H,7,8)(H,9,10)(H,11,12). The summed E-state index contributed by atoms with van der Waals surface area (Å²) < 4.78 is 1.44. The van der Waals surface area contributed by atoms with Crippen LogP contribution in [-0.4, -0.2) is 90.2 Å². The Morgan fingerprint density at radius 2 is 1.56 bits per heavy atom. The third kappa shape index (κ3) is 9.14. The number of rotatable bonds is 12. The summed E-state index contributed by atoms with van der Waals surface area (Å²) >= 11 is 0. The number of aryl methyl sites for hydroxylation is 1. The summed E-state index contributed by atoms with van der Waals surface area (Å²) in [6.45, 7) is 7.64. The first kappa shape index (κ1) is 31.4. The van der Waals surface area contributed by atoms with Gasteiger partial charge in [0.05, 0.1) is 30.3 Å². The van der Waals surface area contributed by atoms with Gasteiger partial charge in [0.15, 0.2) is 5.60 Å². The van der Waals surface area contributed by atoms with E-state index in [1.807, 2.05) is 25.1 Å². The van der Waals surface area contributed by atoms with E-state index < -0.39 is 36.4 Å². The molecule has 39 heavy (non-hydrogen) atoms. The minimum Gasteiger partial charge on any atom is -0.481 e. The molecule has 0 aliphatic carbocycles. The molecular formula is C26H36N4O9. The highest BCUT2D eigenvalue weighted by atomic mass is 16.4. The van der Waals surface area contributed by atoms with Gasteiger partial charge in [0.1, 0.15) is 0 Å². The summed E-state index contributed by atoms with van der Waals surface area (Å²) in [5.74, 6) is -5.05. The average molecular weight is 549 g/mol. The number of benzene rings is 1. The van der Waals surface area contributed by atoms with E-state index in [1.54, 1.807) is 6.07 Å². The summed E-state index contributed by atoms with van der Waals surface area (Å²) in [5, 5.41) is 42.8. The highest BCUT2D eigenvalue weighted by Gasteiger charge is 2.40. The topological polar surface area (TPSA) is 199 Å². The quantitative estimate of drug-likeness (QED) is 0.250. The number of carboxylic acid groups (broad SMARTS) is 3. The molecule has 0 saturated carbocycles. The molecule has 1 aliphatic rings. The lowest BCUT2D eigenvalue weighted by molar-refractivity contribution is -0.170. The SMILES string of the molecule is CCC(CN1CCCC1)NC(=O)Cc1nn(CC)c(=O)c2ccccc12.O=C(O)CC(O)(CC(=O)O)C(=O)O. The Hall–Kier alpha value is -3.84. The molecule has 0 spiro atoms. The van der Waals surface area contributed by atoms with Gasteiger partial charge in [-0.05, 0) is 45.3 Å². The van der Waals surface area contributed by atoms with Crippen molar-refractivity contribution in [2.24, 2.45) is 0 Å². The normalized spacial score (nSPS) is 14.3. The Morgan fingerprint density at radius 1 is 1.00 bits per heavy atom. The van der Waals surface area contributed by atoms with Crippen LogP contribution in [0.2, 0.25) is 0 Å². The molecule has 1 aromatic carbocycles. The largest absolute Gasteiger partial charge is 0.481 e. The van der Waals surface area contributed by atoms with Crippen LogP contribution in [0.1, 0.15) is 51.6 Å². The van der Waals surface area contributed by atoms with Gasteiger partial charge in [0.25, 0.3) is 5.56 Å². The minimum atomic E-state index is -2.74. The summed E-state index contributed by atoms with van der Waals surface area (Å²) in [6, 6.07) is 7.55. The smallest absolute Gasteiger partial charge is 0.336 e. The highest BCUT2D eigenvalue weighted by Crippen LogP contribution is 2.16. The maximum absolute atomic E-state index is 12.6. The number of carboxylic acids is 3. The van der Waals surface area contributed by atoms with Crippen molar-refractivity contribution in [3.8, 4) is 0 Å². The lowest BCUT2D eigenvalue weighted by atomic mass is 9.96. The molecule has 3 rings (SSSR count). The van der Waals surface area contributed by atoms with Crippen molar-refractivity contribution < 1.29 is 39.6 Å². The van der Waals surface area contributed by atoms with Crippen LogP contribution in [0.5, 0.6) is 0 Å². The Bertz CT molecular complexity index is 1220. The van der Waals surface area contributed by atoms with Crippen molar-refractivity contribution in [1.29, 1.82) is 0 Å². The lowest BCUT2D eigenvalue weighted by Gasteiger charge is -2.23. The van der Waals surface area contributed by atoms with Crippen LogP contribution in [0.3, 0.4) is 0 Å². The van der Waals surface area contributed by atoms with E-state index in [-0.39, 0.29) is 23.9 Å². The van der Waals surface area contributed by atoms with Gasteiger partial charge in [-0.1, -0.05) is 25.1 Å². The third-order valence-corrected chi connectivity index (χ3v) is 6.39. The fourth-order valence-corrected chi connectivity index (χ4v) is 4.35. The molecule has 1 amide bonds. The van der Waals surface area contributed by atoms with Gasteiger partial charge >= 0.3 is 17.9 Å². The monoisotopic (exact) mass is 548 g/mol. The lowest BCUT2D eigenvalue weighted by Crippen LogP contribution is -2.43. The number of likely N-dealkylation sites (tertiary alicyclic amines) is 1. The van der Waals surface area contributed by atoms with E-state index >= 15 is 0 Å². The van der Waals surface area contributed by atoms with Crippen LogP contribution >= 0.6 is 0 Å². The Labute approximate surface area is 225 Å². The van der Waals surface area contributed by atoms with Crippen molar-refractivity contribution in [2.75, 3.05) is 19.6 Å². The fraction of sp³-hybridized carbons (Fsp3) is 0.538. The zero-order valence-electron chi connectivity index (χ0n) is 22.1. The molecule has 1 saturated heterocycles. The maximum Gasteiger partial charge on any atom is 0.336 e. The number of hydrogen-bond donors (Lipinski definition) is 5. The predicted octanol–water partition coefficient (Wildman–Crippen LogP) is 0.701. The minimum absolute atomic E-state index is 0.0324. The van der Waals surface area contributed by atoms with Gasteiger partial charge < -0.3 is 30.6 Å². The summed E-state index contributed by atoms with van der Waals surface area (Å²) in [5.41, 5.74) is -2.18. The number of carbonyl (C=O) groups is 4. The second-order valence-corrected chi connectivity index (χ2v) is 9.45. The second kappa shape index (κ2) is 14.4. The van der Waals surface area contributed by atoms with Crippen molar-refractivity contribution >= 4 is 34.6 Å². The van der Waals surface area contributed by atoms with Crippen molar-refractivity contribution in [2.45, 2.75) is 70.6 Å². The first-order valence-corrected chi connectivity index (χ1v) is 12.8.